The largest absolute Gasteiger partial charge is 1.00 e. The number of hydrogen-bond acceptors (Lipinski definition) is 4. The van der Waals surface area contributed by atoms with E-state index >= 15 is 0 Å². The first-order chi connectivity index (χ1) is 14.5. The molecule has 0 spiro atoms. The van der Waals surface area contributed by atoms with Crippen LogP contribution in [0.15, 0.2) is 35.7 Å². The highest BCUT2D eigenvalue weighted by molar-refractivity contribution is 7.12. The number of aryl methyl sites for hydroxylation is 1. The van der Waals surface area contributed by atoms with Crippen LogP contribution in [-0.2, 0) is 16.1 Å². The van der Waals surface area contributed by atoms with Crippen molar-refractivity contribution >= 4 is 28.9 Å². The van der Waals surface area contributed by atoms with Gasteiger partial charge in [-0.25, -0.2) is 4.79 Å². The standard InChI is InChI=1S/C24H32N2O3S.BrH/c1-3-15-29-24(28)23-22(19(2)18-30-23)25-21(27)17-26(13-9-4-5-10-14-26)16-20-11-7-6-8-12-20;/h6-8,11-12,18H,3-5,9-10,13-17H2,1-2H3;1H. The first kappa shape index (κ1) is 25.6. The van der Waals surface area contributed by atoms with Crippen LogP contribution >= 0.6 is 11.3 Å². The van der Waals surface area contributed by atoms with Gasteiger partial charge >= 0.3 is 5.97 Å². The molecule has 3 rings (SSSR count). The van der Waals surface area contributed by atoms with Gasteiger partial charge in [-0.3, -0.25) is 4.79 Å². The molecule has 1 saturated heterocycles. The van der Waals surface area contributed by atoms with E-state index in [2.05, 4.69) is 29.6 Å². The molecule has 170 valence electrons. The maximum absolute atomic E-state index is 13.2. The number of likely N-dealkylation sites (tertiary alicyclic amines) is 1. The minimum atomic E-state index is -0.354. The molecule has 0 bridgehead atoms. The van der Waals surface area contributed by atoms with Crippen LogP contribution in [0.25, 0.3) is 0 Å². The van der Waals surface area contributed by atoms with Gasteiger partial charge in [-0.15, -0.1) is 11.3 Å². The molecule has 7 heteroatoms. The molecule has 31 heavy (non-hydrogen) atoms. The fourth-order valence-corrected chi connectivity index (χ4v) is 5.09. The van der Waals surface area contributed by atoms with E-state index in [1.165, 1.54) is 29.7 Å². The summed E-state index contributed by atoms with van der Waals surface area (Å²) in [6.45, 7) is 7.58. The first-order valence-corrected chi connectivity index (χ1v) is 11.8. The number of ether oxygens (including phenoxy) is 1. The Hall–Kier alpha value is -1.70. The summed E-state index contributed by atoms with van der Waals surface area (Å²) < 4.78 is 6.07. The second-order valence-electron chi connectivity index (χ2n) is 8.31. The van der Waals surface area contributed by atoms with Crippen molar-refractivity contribution in [3.63, 3.8) is 0 Å². The molecule has 0 atom stereocenters. The summed E-state index contributed by atoms with van der Waals surface area (Å²) in [5.74, 6) is -0.382. The Labute approximate surface area is 200 Å². The van der Waals surface area contributed by atoms with Gasteiger partial charge in [0.2, 0.25) is 0 Å². The van der Waals surface area contributed by atoms with Crippen LogP contribution in [0.1, 0.15) is 59.8 Å². The number of rotatable bonds is 8. The average Bonchev–Trinajstić information content (AvgIpc) is 2.94. The first-order valence-electron chi connectivity index (χ1n) is 11.0. The van der Waals surface area contributed by atoms with Gasteiger partial charge in [0.15, 0.2) is 6.54 Å². The number of halogens is 1. The summed E-state index contributed by atoms with van der Waals surface area (Å²) in [7, 11) is 0. The molecule has 1 aliphatic rings. The molecular formula is C24H33BrN2O3S. The Morgan fingerprint density at radius 2 is 1.77 bits per heavy atom. The van der Waals surface area contributed by atoms with Crippen molar-refractivity contribution in [1.82, 2.24) is 0 Å². The van der Waals surface area contributed by atoms with E-state index in [0.29, 0.717) is 23.7 Å². The molecule has 1 aromatic carbocycles. The third-order valence-electron chi connectivity index (χ3n) is 5.72. The number of carbonyl (C=O) groups excluding carboxylic acids is 2. The molecule has 1 amide bonds. The van der Waals surface area contributed by atoms with Gasteiger partial charge in [-0.2, -0.15) is 0 Å². The quantitative estimate of drug-likeness (QED) is 0.439. The zero-order chi connectivity index (χ0) is 21.4. The summed E-state index contributed by atoms with van der Waals surface area (Å²) in [5, 5.41) is 4.95. The van der Waals surface area contributed by atoms with Crippen LogP contribution in [-0.4, -0.2) is 42.6 Å². The van der Waals surface area contributed by atoms with Crippen molar-refractivity contribution in [3.05, 3.63) is 51.7 Å². The number of nitrogens with zero attached hydrogens (tertiary/aromatic N) is 1. The highest BCUT2D eigenvalue weighted by atomic mass is 79.9. The van der Waals surface area contributed by atoms with E-state index in [1.54, 1.807) is 0 Å². The number of esters is 1. The Morgan fingerprint density at radius 3 is 2.42 bits per heavy atom. The third-order valence-corrected chi connectivity index (χ3v) is 6.79. The number of hydrogen-bond donors (Lipinski definition) is 1. The molecule has 1 fully saturated rings. The molecule has 1 aliphatic heterocycles. The number of amides is 1. The predicted molar refractivity (Wildman–Crippen MR) is 122 cm³/mol. The highest BCUT2D eigenvalue weighted by Crippen LogP contribution is 2.29. The number of benzene rings is 1. The zero-order valence-corrected chi connectivity index (χ0v) is 20.9. The number of anilines is 1. The van der Waals surface area contributed by atoms with Crippen LogP contribution in [0.5, 0.6) is 0 Å². The molecule has 1 N–H and O–H groups in total. The van der Waals surface area contributed by atoms with Crippen molar-refractivity contribution in [2.75, 3.05) is 31.6 Å². The fraction of sp³-hybridized carbons (Fsp3) is 0.500. The highest BCUT2D eigenvalue weighted by Gasteiger charge is 2.32. The fourth-order valence-electron chi connectivity index (χ4n) is 4.20. The Balaban J connectivity index is 0.00000341. The molecule has 2 aromatic rings. The summed E-state index contributed by atoms with van der Waals surface area (Å²) in [6.07, 6.45) is 5.52. The van der Waals surface area contributed by atoms with Gasteiger partial charge in [0.25, 0.3) is 5.91 Å². The minimum Gasteiger partial charge on any atom is -1.00 e. The van der Waals surface area contributed by atoms with Crippen LogP contribution < -0.4 is 22.3 Å². The predicted octanol–water partition coefficient (Wildman–Crippen LogP) is 2.16. The molecule has 1 aromatic heterocycles. The number of thiophene rings is 1. The van der Waals surface area contributed by atoms with E-state index in [4.69, 9.17) is 4.74 Å². The van der Waals surface area contributed by atoms with E-state index in [-0.39, 0.29) is 28.9 Å². The van der Waals surface area contributed by atoms with E-state index in [1.807, 2.05) is 25.3 Å². The van der Waals surface area contributed by atoms with Crippen LogP contribution in [0.4, 0.5) is 5.69 Å². The van der Waals surface area contributed by atoms with E-state index in [0.717, 1.165) is 48.9 Å². The molecule has 0 saturated carbocycles. The second kappa shape index (κ2) is 12.4. The van der Waals surface area contributed by atoms with Crippen LogP contribution in [0, 0.1) is 6.92 Å². The van der Waals surface area contributed by atoms with Gasteiger partial charge in [0.05, 0.1) is 25.4 Å². The molecule has 2 heterocycles. The van der Waals surface area contributed by atoms with Gasteiger partial charge in [-0.05, 0) is 50.0 Å². The molecule has 0 radical (unpaired) electrons. The van der Waals surface area contributed by atoms with Crippen molar-refractivity contribution in [2.24, 2.45) is 0 Å². The monoisotopic (exact) mass is 508 g/mol. The average molecular weight is 510 g/mol. The lowest BCUT2D eigenvalue weighted by molar-refractivity contribution is -0.932. The smallest absolute Gasteiger partial charge is 0.350 e. The van der Waals surface area contributed by atoms with E-state index < -0.39 is 0 Å². The van der Waals surface area contributed by atoms with E-state index in [9.17, 15) is 9.59 Å². The molecular weight excluding hydrogens is 476 g/mol. The normalized spacial score (nSPS) is 15.4. The summed E-state index contributed by atoms with van der Waals surface area (Å²) >= 11 is 1.33. The van der Waals surface area contributed by atoms with Crippen molar-refractivity contribution < 1.29 is 35.8 Å². The van der Waals surface area contributed by atoms with Gasteiger partial charge < -0.3 is 31.5 Å². The lowest BCUT2D eigenvalue weighted by atomic mass is 10.1. The van der Waals surface area contributed by atoms with Gasteiger partial charge in [-0.1, -0.05) is 37.3 Å². The SMILES string of the molecule is CCCOC(=O)c1scc(C)c1NC(=O)C[N+]1(Cc2ccccc2)CCCCCC1.[Br-]. The Bertz CT molecular complexity index is 846. The Morgan fingerprint density at radius 1 is 1.10 bits per heavy atom. The van der Waals surface area contributed by atoms with Crippen molar-refractivity contribution in [2.45, 2.75) is 52.5 Å². The second-order valence-corrected chi connectivity index (χ2v) is 9.19. The molecule has 5 nitrogen and oxygen atoms in total. The van der Waals surface area contributed by atoms with Crippen molar-refractivity contribution in [1.29, 1.82) is 0 Å². The minimum absolute atomic E-state index is 0. The molecule has 0 aliphatic carbocycles. The van der Waals surface area contributed by atoms with Gasteiger partial charge in [0, 0.05) is 5.56 Å². The summed E-state index contributed by atoms with van der Waals surface area (Å²) in [5.41, 5.74) is 2.78. The topological polar surface area (TPSA) is 55.4 Å². The lowest BCUT2D eigenvalue weighted by Gasteiger charge is -2.37. The molecule has 0 unspecified atom stereocenters. The summed E-state index contributed by atoms with van der Waals surface area (Å²) in [4.78, 5) is 26.0. The number of carbonyl (C=O) groups is 2. The Kier molecular flexibility index (Phi) is 10.2. The zero-order valence-electron chi connectivity index (χ0n) is 18.5. The van der Waals surface area contributed by atoms with Crippen LogP contribution in [0.2, 0.25) is 0 Å². The van der Waals surface area contributed by atoms with Crippen LogP contribution in [0.3, 0.4) is 0 Å². The summed E-state index contributed by atoms with van der Waals surface area (Å²) in [6, 6.07) is 10.4. The number of quaternary nitrogens is 1. The lowest BCUT2D eigenvalue weighted by Crippen LogP contribution is -3.00. The number of nitrogens with one attached hydrogen (secondary N) is 1. The maximum atomic E-state index is 13.2. The van der Waals surface area contributed by atoms with Crippen molar-refractivity contribution in [3.8, 4) is 0 Å². The maximum Gasteiger partial charge on any atom is 0.350 e. The van der Waals surface area contributed by atoms with Gasteiger partial charge in [0.1, 0.15) is 11.4 Å². The third kappa shape index (κ3) is 7.16.